The Morgan fingerprint density at radius 2 is 1.14 bits per heavy atom. The molecule has 2 heterocycles. The molecule has 0 N–H and O–H groups in total. The second kappa shape index (κ2) is 5.26. The zero-order valence-electron chi connectivity index (χ0n) is 14.2. The van der Waals surface area contributed by atoms with Crippen LogP contribution in [-0.4, -0.2) is 37.6 Å². The summed E-state index contributed by atoms with van der Waals surface area (Å²) in [6, 6.07) is 0. The lowest BCUT2D eigenvalue weighted by Crippen LogP contribution is -2.35. The molecule has 3 aliphatic rings. The Balaban J connectivity index is 1.70. The largest absolute Gasteiger partial charge is 0.460 e. The molecule has 3 rings (SSSR count). The Kier molecular flexibility index (Phi) is 3.97. The highest BCUT2D eigenvalue weighted by Crippen LogP contribution is 2.51. The SMILES string of the molecule is CC1OB(C2CCCC2B2OC(C)C(C)(C)O2)OC1(C)C. The van der Waals surface area contributed by atoms with E-state index in [-0.39, 0.29) is 37.6 Å². The highest BCUT2D eigenvalue weighted by molar-refractivity contribution is 6.55. The first-order chi connectivity index (χ1) is 9.71. The second-order valence-corrected chi connectivity index (χ2v) is 7.99. The van der Waals surface area contributed by atoms with Crippen molar-refractivity contribution in [2.75, 3.05) is 0 Å². The molecule has 0 radical (unpaired) electrons. The van der Waals surface area contributed by atoms with Crippen molar-refractivity contribution in [3.8, 4) is 0 Å². The zero-order valence-corrected chi connectivity index (χ0v) is 14.2. The van der Waals surface area contributed by atoms with Gasteiger partial charge in [-0.3, -0.25) is 0 Å². The first kappa shape index (κ1) is 15.8. The molecule has 118 valence electrons. The van der Waals surface area contributed by atoms with Gasteiger partial charge in [-0.1, -0.05) is 19.3 Å². The Hall–Kier alpha value is -0.0301. The summed E-state index contributed by atoms with van der Waals surface area (Å²) >= 11 is 0. The van der Waals surface area contributed by atoms with Crippen LogP contribution in [0.1, 0.15) is 60.8 Å². The highest BCUT2D eigenvalue weighted by atomic mass is 16.7. The summed E-state index contributed by atoms with van der Waals surface area (Å²) < 4.78 is 24.6. The van der Waals surface area contributed by atoms with Crippen molar-refractivity contribution >= 4 is 14.2 Å². The van der Waals surface area contributed by atoms with Gasteiger partial charge in [0.1, 0.15) is 0 Å². The molecule has 2 saturated heterocycles. The summed E-state index contributed by atoms with van der Waals surface area (Å²) in [5, 5.41) is 0. The van der Waals surface area contributed by atoms with Crippen molar-refractivity contribution < 1.29 is 18.6 Å². The number of hydrogen-bond acceptors (Lipinski definition) is 4. The Labute approximate surface area is 129 Å². The smallest absolute Gasteiger partial charge is 0.406 e. The fraction of sp³-hybridized carbons (Fsp3) is 1.00. The van der Waals surface area contributed by atoms with E-state index in [1.54, 1.807) is 0 Å². The molecular weight excluding hydrogens is 266 g/mol. The molecule has 4 nitrogen and oxygen atoms in total. The summed E-state index contributed by atoms with van der Waals surface area (Å²) in [5.41, 5.74) is -0.413. The number of rotatable bonds is 2. The van der Waals surface area contributed by atoms with Crippen LogP contribution < -0.4 is 0 Å². The first-order valence-electron chi connectivity index (χ1n) is 8.37. The second-order valence-electron chi connectivity index (χ2n) is 7.99. The number of hydrogen-bond donors (Lipinski definition) is 0. The Morgan fingerprint density at radius 1 is 0.762 bits per heavy atom. The lowest BCUT2D eigenvalue weighted by atomic mass is 9.54. The molecule has 1 aliphatic carbocycles. The molecule has 4 unspecified atom stereocenters. The molecule has 21 heavy (non-hydrogen) atoms. The van der Waals surface area contributed by atoms with Crippen LogP contribution in [0.15, 0.2) is 0 Å². The topological polar surface area (TPSA) is 36.9 Å². The molecule has 0 aromatic heterocycles. The molecule has 0 aromatic carbocycles. The predicted octanol–water partition coefficient (Wildman–Crippen LogP) is 3.31. The van der Waals surface area contributed by atoms with Crippen LogP contribution in [0.3, 0.4) is 0 Å². The van der Waals surface area contributed by atoms with Gasteiger partial charge in [0, 0.05) is 0 Å². The van der Waals surface area contributed by atoms with Crippen molar-refractivity contribution in [2.24, 2.45) is 0 Å². The van der Waals surface area contributed by atoms with Crippen LogP contribution in [0, 0.1) is 0 Å². The first-order valence-corrected chi connectivity index (χ1v) is 8.37. The normalized spacial score (nSPS) is 42.0. The molecule has 6 heteroatoms. The third-order valence-electron chi connectivity index (χ3n) is 5.80. The quantitative estimate of drug-likeness (QED) is 0.732. The van der Waals surface area contributed by atoms with Gasteiger partial charge in [-0.25, -0.2) is 0 Å². The van der Waals surface area contributed by atoms with Gasteiger partial charge >= 0.3 is 14.2 Å². The molecule has 0 bridgehead atoms. The van der Waals surface area contributed by atoms with Crippen LogP contribution >= 0.6 is 0 Å². The van der Waals surface area contributed by atoms with E-state index in [9.17, 15) is 0 Å². The minimum absolute atomic E-state index is 0.117. The van der Waals surface area contributed by atoms with Gasteiger partial charge in [0.25, 0.3) is 0 Å². The van der Waals surface area contributed by atoms with Gasteiger partial charge in [-0.2, -0.15) is 0 Å². The van der Waals surface area contributed by atoms with E-state index in [4.69, 9.17) is 18.6 Å². The zero-order chi connectivity index (χ0) is 15.4. The average Bonchev–Trinajstić information content (AvgIpc) is 2.99. The lowest BCUT2D eigenvalue weighted by molar-refractivity contribution is 0.0831. The molecule has 0 spiro atoms. The summed E-state index contributed by atoms with van der Waals surface area (Å²) in [6.45, 7) is 12.6. The van der Waals surface area contributed by atoms with Crippen molar-refractivity contribution in [1.82, 2.24) is 0 Å². The van der Waals surface area contributed by atoms with Gasteiger partial charge in [-0.05, 0) is 53.2 Å². The minimum Gasteiger partial charge on any atom is -0.406 e. The minimum atomic E-state index is -0.207. The van der Waals surface area contributed by atoms with Crippen molar-refractivity contribution in [2.45, 2.75) is 95.8 Å². The Bertz CT molecular complexity index is 365. The van der Waals surface area contributed by atoms with Crippen LogP contribution in [0.25, 0.3) is 0 Å². The van der Waals surface area contributed by atoms with E-state index in [2.05, 4.69) is 41.5 Å². The van der Waals surface area contributed by atoms with Crippen LogP contribution in [-0.2, 0) is 18.6 Å². The van der Waals surface area contributed by atoms with Gasteiger partial charge < -0.3 is 18.6 Å². The van der Waals surface area contributed by atoms with Crippen molar-refractivity contribution in [1.29, 1.82) is 0 Å². The summed E-state index contributed by atoms with van der Waals surface area (Å²) in [6.07, 6.45) is 3.73. The molecule has 0 aromatic rings. The fourth-order valence-corrected chi connectivity index (χ4v) is 3.65. The van der Waals surface area contributed by atoms with Gasteiger partial charge in [0.05, 0.1) is 23.4 Å². The molecule has 3 fully saturated rings. The summed E-state index contributed by atoms with van der Waals surface area (Å²) in [4.78, 5) is 0. The van der Waals surface area contributed by atoms with E-state index in [0.29, 0.717) is 11.6 Å². The maximum Gasteiger partial charge on any atom is 0.460 e. The standard InChI is InChI=1S/C15H28B2O4/c1-10-14(3,4)20-16(18-10)12-8-7-9-13(12)17-19-11(2)15(5,6)21-17/h10-13H,7-9H2,1-6H3. The lowest BCUT2D eigenvalue weighted by Gasteiger charge is -2.25. The third-order valence-corrected chi connectivity index (χ3v) is 5.80. The molecular formula is C15H28B2O4. The van der Waals surface area contributed by atoms with Crippen LogP contribution in [0.4, 0.5) is 0 Å². The van der Waals surface area contributed by atoms with Crippen molar-refractivity contribution in [3.63, 3.8) is 0 Å². The summed E-state index contributed by atoms with van der Waals surface area (Å²) in [5.74, 6) is 0.751. The Morgan fingerprint density at radius 3 is 1.43 bits per heavy atom. The maximum atomic E-state index is 6.18. The molecule has 0 amide bonds. The van der Waals surface area contributed by atoms with Crippen molar-refractivity contribution in [3.05, 3.63) is 0 Å². The molecule has 2 aliphatic heterocycles. The summed E-state index contributed by atoms with van der Waals surface area (Å²) in [7, 11) is -0.234. The van der Waals surface area contributed by atoms with Crippen LogP contribution in [0.5, 0.6) is 0 Å². The average molecular weight is 294 g/mol. The van der Waals surface area contributed by atoms with E-state index in [1.165, 1.54) is 6.42 Å². The van der Waals surface area contributed by atoms with E-state index in [0.717, 1.165) is 12.8 Å². The van der Waals surface area contributed by atoms with Gasteiger partial charge in [0.2, 0.25) is 0 Å². The van der Waals surface area contributed by atoms with E-state index in [1.807, 2.05) is 0 Å². The monoisotopic (exact) mass is 294 g/mol. The van der Waals surface area contributed by atoms with E-state index < -0.39 is 0 Å². The highest BCUT2D eigenvalue weighted by Gasteiger charge is 2.56. The molecule has 4 atom stereocenters. The van der Waals surface area contributed by atoms with Gasteiger partial charge in [0.15, 0.2) is 0 Å². The van der Waals surface area contributed by atoms with Crippen LogP contribution in [0.2, 0.25) is 11.6 Å². The van der Waals surface area contributed by atoms with E-state index >= 15 is 0 Å². The predicted molar refractivity (Wildman–Crippen MR) is 84.3 cm³/mol. The third kappa shape index (κ3) is 2.80. The maximum absolute atomic E-state index is 6.18. The fourth-order valence-electron chi connectivity index (χ4n) is 3.65. The van der Waals surface area contributed by atoms with Gasteiger partial charge in [-0.15, -0.1) is 0 Å². The molecule has 1 saturated carbocycles.